The maximum Gasteiger partial charge on any atom is 0.344 e. The minimum absolute atomic E-state index is 0.289. The van der Waals surface area contributed by atoms with Gasteiger partial charge in [-0.2, -0.15) is 0 Å². The summed E-state index contributed by atoms with van der Waals surface area (Å²) < 4.78 is 15.7. The normalized spacial score (nSPS) is 10.2. The Hall–Kier alpha value is -3.22. The molecule has 2 rings (SSSR count). The molecule has 0 spiro atoms. The quantitative estimate of drug-likeness (QED) is 0.603. The van der Waals surface area contributed by atoms with Gasteiger partial charge in [0, 0.05) is 33.4 Å². The van der Waals surface area contributed by atoms with Crippen LogP contribution in [0.4, 0.5) is 5.69 Å². The number of rotatable bonds is 9. The number of carbonyl (C=O) groups excluding carboxylic acids is 2. The van der Waals surface area contributed by atoms with Crippen LogP contribution in [-0.4, -0.2) is 58.2 Å². The molecule has 7 nitrogen and oxygen atoms in total. The zero-order chi connectivity index (χ0) is 21.4. The summed E-state index contributed by atoms with van der Waals surface area (Å²) in [6.45, 7) is 1.72. The number of esters is 1. The number of ether oxygens (including phenoxy) is 3. The molecule has 0 atom stereocenters. The predicted molar refractivity (Wildman–Crippen MR) is 111 cm³/mol. The van der Waals surface area contributed by atoms with Crippen molar-refractivity contribution in [3.63, 3.8) is 0 Å². The number of carbonyl (C=O) groups is 2. The van der Waals surface area contributed by atoms with Gasteiger partial charge >= 0.3 is 5.97 Å². The molecule has 7 heteroatoms. The minimum Gasteiger partial charge on any atom is -0.493 e. The molecule has 0 aromatic heterocycles. The lowest BCUT2D eigenvalue weighted by Crippen LogP contribution is -2.31. The molecule has 0 aliphatic carbocycles. The number of anilines is 1. The Morgan fingerprint density at radius 3 is 2.24 bits per heavy atom. The monoisotopic (exact) mass is 400 g/mol. The third kappa shape index (κ3) is 6.71. The van der Waals surface area contributed by atoms with Crippen molar-refractivity contribution < 1.29 is 23.8 Å². The van der Waals surface area contributed by atoms with Crippen LogP contribution in [0.2, 0.25) is 0 Å². The topological polar surface area (TPSA) is 68.3 Å². The first-order valence-electron chi connectivity index (χ1n) is 9.23. The van der Waals surface area contributed by atoms with Crippen molar-refractivity contribution in [1.82, 2.24) is 4.90 Å². The Balaban J connectivity index is 1.78. The van der Waals surface area contributed by atoms with E-state index in [9.17, 15) is 9.59 Å². The summed E-state index contributed by atoms with van der Waals surface area (Å²) in [5.74, 6) is 0.0706. The number of hydrogen-bond donors (Lipinski definition) is 0. The van der Waals surface area contributed by atoms with Crippen LogP contribution >= 0.6 is 0 Å². The molecule has 1 amide bonds. The molecule has 0 aliphatic rings. The van der Waals surface area contributed by atoms with Crippen LogP contribution in [0.3, 0.4) is 0 Å². The second kappa shape index (κ2) is 10.4. The van der Waals surface area contributed by atoms with Crippen LogP contribution in [0.1, 0.15) is 11.1 Å². The van der Waals surface area contributed by atoms with Crippen LogP contribution in [0.5, 0.6) is 11.5 Å². The number of benzene rings is 2. The molecule has 0 N–H and O–H groups in total. The summed E-state index contributed by atoms with van der Waals surface area (Å²) in [4.78, 5) is 27.6. The number of amides is 1. The van der Waals surface area contributed by atoms with Gasteiger partial charge in [-0.15, -0.1) is 0 Å². The van der Waals surface area contributed by atoms with E-state index in [4.69, 9.17) is 14.2 Å². The third-order valence-corrected chi connectivity index (χ3v) is 4.32. The van der Waals surface area contributed by atoms with Crippen LogP contribution < -0.4 is 14.4 Å². The highest BCUT2D eigenvalue weighted by atomic mass is 16.6. The fraction of sp³-hybridized carbons (Fsp3) is 0.364. The van der Waals surface area contributed by atoms with Gasteiger partial charge in [-0.25, -0.2) is 4.79 Å². The lowest BCUT2D eigenvalue weighted by Gasteiger charge is -2.18. The molecule has 0 fully saturated rings. The van der Waals surface area contributed by atoms with Crippen molar-refractivity contribution in [3.05, 3.63) is 53.6 Å². The molecule has 2 aromatic carbocycles. The second-order valence-electron chi connectivity index (χ2n) is 6.91. The van der Waals surface area contributed by atoms with Crippen LogP contribution in [0.25, 0.3) is 0 Å². The number of nitrogens with zero attached hydrogens (tertiary/aromatic N) is 2. The van der Waals surface area contributed by atoms with Crippen molar-refractivity contribution >= 4 is 17.6 Å². The molecule has 0 aliphatic heterocycles. The van der Waals surface area contributed by atoms with Gasteiger partial charge in [-0.3, -0.25) is 4.79 Å². The summed E-state index contributed by atoms with van der Waals surface area (Å²) in [7, 11) is 7.14. The van der Waals surface area contributed by atoms with Crippen LogP contribution in [0, 0.1) is 6.92 Å². The summed E-state index contributed by atoms with van der Waals surface area (Å²) in [5.41, 5.74) is 3.09. The van der Waals surface area contributed by atoms with Gasteiger partial charge in [0.05, 0.1) is 7.11 Å². The largest absolute Gasteiger partial charge is 0.493 e. The Kier molecular flexibility index (Phi) is 7.88. The van der Waals surface area contributed by atoms with Gasteiger partial charge in [-0.05, 0) is 42.3 Å². The van der Waals surface area contributed by atoms with E-state index in [1.807, 2.05) is 62.3 Å². The predicted octanol–water partition coefficient (Wildman–Crippen LogP) is 2.65. The average molecular weight is 400 g/mol. The molecule has 0 bridgehead atoms. The standard InChI is InChI=1S/C22H28N2O5/c1-16-6-11-19(20(12-16)27-5)28-15-22(26)29-14-21(25)24(4)13-17-7-9-18(10-8-17)23(2)3/h6-12H,13-15H2,1-5H3. The van der Waals surface area contributed by atoms with Crippen molar-refractivity contribution in [2.24, 2.45) is 0 Å². The zero-order valence-corrected chi connectivity index (χ0v) is 17.6. The molecule has 2 aromatic rings. The Morgan fingerprint density at radius 1 is 0.931 bits per heavy atom. The highest BCUT2D eigenvalue weighted by Crippen LogP contribution is 2.27. The van der Waals surface area contributed by atoms with Crippen LogP contribution in [-0.2, 0) is 20.9 Å². The molecule has 0 unspecified atom stereocenters. The van der Waals surface area contributed by atoms with Gasteiger partial charge in [-0.1, -0.05) is 18.2 Å². The van der Waals surface area contributed by atoms with E-state index in [0.717, 1.165) is 16.8 Å². The molecule has 156 valence electrons. The van der Waals surface area contributed by atoms with Crippen LogP contribution in [0.15, 0.2) is 42.5 Å². The number of aryl methyl sites for hydroxylation is 1. The summed E-state index contributed by atoms with van der Waals surface area (Å²) in [6.07, 6.45) is 0. The Bertz CT molecular complexity index is 834. The smallest absolute Gasteiger partial charge is 0.344 e. The number of methoxy groups -OCH3 is 1. The van der Waals surface area contributed by atoms with E-state index >= 15 is 0 Å². The second-order valence-corrected chi connectivity index (χ2v) is 6.91. The average Bonchev–Trinajstić information content (AvgIpc) is 2.71. The molecule has 0 radical (unpaired) electrons. The van der Waals surface area contributed by atoms with Gasteiger partial charge < -0.3 is 24.0 Å². The van der Waals surface area contributed by atoms with Crippen molar-refractivity contribution in [2.45, 2.75) is 13.5 Å². The van der Waals surface area contributed by atoms with Crippen molar-refractivity contribution in [1.29, 1.82) is 0 Å². The maximum atomic E-state index is 12.2. The SMILES string of the molecule is COc1cc(C)ccc1OCC(=O)OCC(=O)N(C)Cc1ccc(N(C)C)cc1. The first-order valence-corrected chi connectivity index (χ1v) is 9.23. The molecule has 0 saturated carbocycles. The van der Waals surface area contributed by atoms with E-state index in [-0.39, 0.29) is 19.1 Å². The van der Waals surface area contributed by atoms with Gasteiger partial charge in [0.25, 0.3) is 5.91 Å². The fourth-order valence-electron chi connectivity index (χ4n) is 2.59. The van der Waals surface area contributed by atoms with E-state index in [0.29, 0.717) is 18.0 Å². The van der Waals surface area contributed by atoms with E-state index in [2.05, 4.69) is 0 Å². The first kappa shape index (κ1) is 22.1. The first-order chi connectivity index (χ1) is 13.8. The summed E-state index contributed by atoms with van der Waals surface area (Å²) in [6, 6.07) is 13.3. The van der Waals surface area contributed by atoms with Gasteiger partial charge in [0.1, 0.15) is 0 Å². The summed E-state index contributed by atoms with van der Waals surface area (Å²) in [5, 5.41) is 0. The van der Waals surface area contributed by atoms with Gasteiger partial charge in [0.15, 0.2) is 24.7 Å². The van der Waals surface area contributed by atoms with E-state index in [1.54, 1.807) is 13.1 Å². The lowest BCUT2D eigenvalue weighted by molar-refractivity contribution is -0.153. The van der Waals surface area contributed by atoms with E-state index < -0.39 is 5.97 Å². The minimum atomic E-state index is -0.621. The highest BCUT2D eigenvalue weighted by molar-refractivity contribution is 5.80. The Labute approximate surface area is 171 Å². The van der Waals surface area contributed by atoms with Gasteiger partial charge in [0.2, 0.25) is 0 Å². The molecule has 0 saturated heterocycles. The molecule has 0 heterocycles. The van der Waals surface area contributed by atoms with Crippen molar-refractivity contribution in [3.8, 4) is 11.5 Å². The third-order valence-electron chi connectivity index (χ3n) is 4.32. The van der Waals surface area contributed by atoms with Crippen molar-refractivity contribution in [2.75, 3.05) is 46.4 Å². The zero-order valence-electron chi connectivity index (χ0n) is 17.6. The lowest BCUT2D eigenvalue weighted by atomic mass is 10.2. The molecular weight excluding hydrogens is 372 g/mol. The molecular formula is C22H28N2O5. The Morgan fingerprint density at radius 2 is 1.62 bits per heavy atom. The number of likely N-dealkylation sites (N-methyl/N-ethyl adjacent to an activating group) is 1. The molecule has 29 heavy (non-hydrogen) atoms. The number of hydrogen-bond acceptors (Lipinski definition) is 6. The van der Waals surface area contributed by atoms with E-state index in [1.165, 1.54) is 12.0 Å². The highest BCUT2D eigenvalue weighted by Gasteiger charge is 2.14. The fourth-order valence-corrected chi connectivity index (χ4v) is 2.59. The summed E-state index contributed by atoms with van der Waals surface area (Å²) >= 11 is 0. The maximum absolute atomic E-state index is 12.2.